The normalized spacial score (nSPS) is 28.1. The predicted molar refractivity (Wildman–Crippen MR) is 140 cm³/mol. The van der Waals surface area contributed by atoms with Crippen molar-refractivity contribution >= 4 is 6.21 Å². The van der Waals surface area contributed by atoms with Crippen LogP contribution in [0.5, 0.6) is 0 Å². The molecule has 1 unspecified atom stereocenters. The number of rotatable bonds is 8. The molecule has 5 atom stereocenters. The van der Waals surface area contributed by atoms with Crippen LogP contribution in [0.25, 0.3) is 0 Å². The molecule has 0 bridgehead atoms. The lowest BCUT2D eigenvalue weighted by atomic mass is 9.98. The second-order valence-corrected chi connectivity index (χ2v) is 10.1. The standard InChI is InChI=1S/C28H39F2N5O/c1-4-22-17-26(28(36)34-15-9-5-6-10-19(34)2)32-27-18-25(33-35(22)27)23-13-12-21(16-24(23)30)11-7-8-14-31-20(3)29/h7-8,12-14,16,18-19,22,25-26,28,32-33,36H,3-6,9-11,15,17H2,1-2H3/b8-7-,31-14-/t19?,22-,25-,26-,28+/m1/s1. The summed E-state index contributed by atoms with van der Waals surface area (Å²) in [4.78, 5) is 5.70. The van der Waals surface area contributed by atoms with E-state index < -0.39 is 12.2 Å². The van der Waals surface area contributed by atoms with E-state index >= 15 is 4.39 Å². The van der Waals surface area contributed by atoms with Crippen molar-refractivity contribution in [2.75, 3.05) is 6.54 Å². The summed E-state index contributed by atoms with van der Waals surface area (Å²) in [6.07, 6.45) is 13.1. The Labute approximate surface area is 213 Å². The Balaban J connectivity index is 1.45. The van der Waals surface area contributed by atoms with E-state index in [4.69, 9.17) is 0 Å². The van der Waals surface area contributed by atoms with Crippen LogP contribution in [0.3, 0.4) is 0 Å². The molecule has 2 fully saturated rings. The Morgan fingerprint density at radius 1 is 1.33 bits per heavy atom. The third kappa shape index (κ3) is 6.22. The Kier molecular flexibility index (Phi) is 8.93. The Morgan fingerprint density at radius 2 is 2.17 bits per heavy atom. The summed E-state index contributed by atoms with van der Waals surface area (Å²) >= 11 is 0. The van der Waals surface area contributed by atoms with E-state index in [0.29, 0.717) is 18.0 Å². The average Bonchev–Trinajstić information content (AvgIpc) is 3.16. The summed E-state index contributed by atoms with van der Waals surface area (Å²) < 4.78 is 27.6. The molecule has 3 N–H and O–H groups in total. The fourth-order valence-corrected chi connectivity index (χ4v) is 5.53. The van der Waals surface area contributed by atoms with E-state index in [1.807, 2.05) is 18.2 Å². The molecule has 0 spiro atoms. The van der Waals surface area contributed by atoms with Crippen molar-refractivity contribution in [3.8, 4) is 0 Å². The molecule has 36 heavy (non-hydrogen) atoms. The fourth-order valence-electron chi connectivity index (χ4n) is 5.53. The van der Waals surface area contributed by atoms with Gasteiger partial charge in [0, 0.05) is 30.4 Å². The zero-order chi connectivity index (χ0) is 25.7. The van der Waals surface area contributed by atoms with Crippen LogP contribution >= 0.6 is 0 Å². The molecule has 1 aromatic rings. The van der Waals surface area contributed by atoms with E-state index in [0.717, 1.165) is 43.6 Å². The maximum atomic E-state index is 15.1. The van der Waals surface area contributed by atoms with Crippen LogP contribution in [0.15, 0.2) is 59.8 Å². The zero-order valence-corrected chi connectivity index (χ0v) is 21.3. The number of hydrogen-bond acceptors (Lipinski definition) is 6. The first-order valence-electron chi connectivity index (χ1n) is 13.2. The molecule has 4 rings (SSSR count). The summed E-state index contributed by atoms with van der Waals surface area (Å²) in [6, 6.07) is 5.47. The highest BCUT2D eigenvalue weighted by Gasteiger charge is 2.40. The number of allylic oxidation sites excluding steroid dienone is 2. The van der Waals surface area contributed by atoms with Gasteiger partial charge < -0.3 is 10.4 Å². The van der Waals surface area contributed by atoms with E-state index in [-0.39, 0.29) is 23.9 Å². The summed E-state index contributed by atoms with van der Waals surface area (Å²) in [5, 5.41) is 17.0. The fraction of sp³-hybridized carbons (Fsp3) is 0.536. The quantitative estimate of drug-likeness (QED) is 0.352. The lowest BCUT2D eigenvalue weighted by molar-refractivity contribution is -0.0605. The average molecular weight is 500 g/mol. The number of fused-ring (bicyclic) bond motifs is 1. The van der Waals surface area contributed by atoms with Gasteiger partial charge >= 0.3 is 0 Å². The van der Waals surface area contributed by atoms with Gasteiger partial charge in [-0.05, 0) is 69.4 Å². The van der Waals surface area contributed by atoms with Crippen molar-refractivity contribution in [3.05, 3.63) is 71.7 Å². The summed E-state index contributed by atoms with van der Waals surface area (Å²) in [7, 11) is 0. The van der Waals surface area contributed by atoms with Crippen molar-refractivity contribution in [2.45, 2.75) is 89.2 Å². The van der Waals surface area contributed by atoms with Gasteiger partial charge in [0.2, 0.25) is 5.95 Å². The molecule has 0 aliphatic carbocycles. The number of halogens is 2. The zero-order valence-electron chi connectivity index (χ0n) is 21.3. The second-order valence-electron chi connectivity index (χ2n) is 10.1. The highest BCUT2D eigenvalue weighted by molar-refractivity contribution is 5.71. The van der Waals surface area contributed by atoms with Crippen molar-refractivity contribution in [2.24, 2.45) is 4.99 Å². The van der Waals surface area contributed by atoms with Crippen LogP contribution < -0.4 is 10.7 Å². The van der Waals surface area contributed by atoms with Crippen molar-refractivity contribution in [1.82, 2.24) is 20.7 Å². The van der Waals surface area contributed by atoms with Gasteiger partial charge in [0.25, 0.3) is 0 Å². The first-order valence-corrected chi connectivity index (χ1v) is 13.2. The van der Waals surface area contributed by atoms with Crippen LogP contribution in [0.4, 0.5) is 8.78 Å². The molecule has 1 aromatic carbocycles. The lowest BCUT2D eigenvalue weighted by Gasteiger charge is -2.45. The molecule has 0 aromatic heterocycles. The predicted octanol–water partition coefficient (Wildman–Crippen LogP) is 4.86. The first kappa shape index (κ1) is 26.5. The van der Waals surface area contributed by atoms with Gasteiger partial charge in [-0.3, -0.25) is 9.91 Å². The molecule has 3 heterocycles. The lowest BCUT2D eigenvalue weighted by Crippen LogP contribution is -2.61. The summed E-state index contributed by atoms with van der Waals surface area (Å²) in [6.45, 7) is 8.35. The van der Waals surface area contributed by atoms with Gasteiger partial charge in [-0.15, -0.1) is 0 Å². The van der Waals surface area contributed by atoms with Crippen LogP contribution in [-0.2, 0) is 6.42 Å². The molecule has 0 amide bonds. The third-order valence-corrected chi connectivity index (χ3v) is 7.55. The van der Waals surface area contributed by atoms with E-state index in [2.05, 4.69) is 46.1 Å². The summed E-state index contributed by atoms with van der Waals surface area (Å²) in [5.41, 5.74) is 4.87. The molecule has 2 saturated heterocycles. The molecule has 3 aliphatic rings. The molecular formula is C28H39F2N5O. The van der Waals surface area contributed by atoms with Gasteiger partial charge in [-0.2, -0.15) is 4.39 Å². The number of nitrogens with one attached hydrogen (secondary N) is 2. The van der Waals surface area contributed by atoms with E-state index in [1.165, 1.54) is 19.1 Å². The van der Waals surface area contributed by atoms with Crippen LogP contribution in [0.1, 0.15) is 69.5 Å². The van der Waals surface area contributed by atoms with Gasteiger partial charge in [-0.1, -0.05) is 38.0 Å². The molecule has 0 saturated carbocycles. The number of benzene rings is 1. The van der Waals surface area contributed by atoms with Gasteiger partial charge in [0.15, 0.2) is 0 Å². The second kappa shape index (κ2) is 12.1. The summed E-state index contributed by atoms with van der Waals surface area (Å²) in [5.74, 6) is -0.115. The van der Waals surface area contributed by atoms with Gasteiger partial charge in [0.1, 0.15) is 17.9 Å². The molecule has 8 heteroatoms. The number of hydrogen-bond donors (Lipinski definition) is 3. The SMILES string of the molecule is C=C(F)/N=C\C=C/Cc1ccc([C@H]2C=C3N[C@@H]([C@H](O)N4CCCCCC4C)C[C@@H](CC)N3N2)c(F)c1. The largest absolute Gasteiger partial charge is 0.376 e. The third-order valence-electron chi connectivity index (χ3n) is 7.55. The van der Waals surface area contributed by atoms with Crippen molar-refractivity contribution in [1.29, 1.82) is 0 Å². The number of hydrazine groups is 1. The van der Waals surface area contributed by atoms with Crippen LogP contribution in [-0.4, -0.2) is 52.1 Å². The Morgan fingerprint density at radius 3 is 2.92 bits per heavy atom. The highest BCUT2D eigenvalue weighted by atomic mass is 19.1. The maximum Gasteiger partial charge on any atom is 0.205 e. The Hall–Kier alpha value is -2.55. The number of aliphatic imine (C=N–C) groups is 1. The minimum Gasteiger partial charge on any atom is -0.376 e. The topological polar surface area (TPSA) is 63.1 Å². The van der Waals surface area contributed by atoms with Crippen molar-refractivity contribution < 1.29 is 13.9 Å². The van der Waals surface area contributed by atoms with Gasteiger partial charge in [-0.25, -0.2) is 14.8 Å². The van der Waals surface area contributed by atoms with Gasteiger partial charge in [0.05, 0.1) is 12.1 Å². The van der Waals surface area contributed by atoms with Crippen LogP contribution in [0.2, 0.25) is 0 Å². The smallest absolute Gasteiger partial charge is 0.205 e. The highest BCUT2D eigenvalue weighted by Crippen LogP contribution is 2.33. The number of likely N-dealkylation sites (tertiary alicyclic amines) is 1. The minimum atomic E-state index is -0.748. The number of aliphatic hydroxyl groups is 1. The molecule has 3 aliphatic heterocycles. The molecule has 196 valence electrons. The molecular weight excluding hydrogens is 460 g/mol. The Bertz CT molecular complexity index is 1010. The number of aliphatic hydroxyl groups excluding tert-OH is 1. The van der Waals surface area contributed by atoms with Crippen LogP contribution in [0, 0.1) is 5.82 Å². The number of nitrogens with zero attached hydrogens (tertiary/aromatic N) is 3. The minimum absolute atomic E-state index is 0.0735. The van der Waals surface area contributed by atoms with E-state index in [9.17, 15) is 9.50 Å². The monoisotopic (exact) mass is 499 g/mol. The molecule has 6 nitrogen and oxygen atoms in total. The first-order chi connectivity index (χ1) is 17.4. The molecule has 0 radical (unpaired) electrons. The maximum absolute atomic E-state index is 15.1. The van der Waals surface area contributed by atoms with Crippen molar-refractivity contribution in [3.63, 3.8) is 0 Å². The van der Waals surface area contributed by atoms with E-state index in [1.54, 1.807) is 18.2 Å².